The standard InChI is InChI=1S/C18H24N2/c1-4-16(14-15-8-6-5-7-9-15)19-17-10-12-18(13-11-17)20(2)3/h5-13,16,19H,4,14H2,1-3H3. The van der Waals surface area contributed by atoms with Crippen molar-refractivity contribution in [2.24, 2.45) is 0 Å². The summed E-state index contributed by atoms with van der Waals surface area (Å²) in [5, 5.41) is 3.62. The average Bonchev–Trinajstić information content (AvgIpc) is 2.48. The Balaban J connectivity index is 1.99. The molecule has 1 atom stereocenters. The van der Waals surface area contributed by atoms with Crippen molar-refractivity contribution in [1.29, 1.82) is 0 Å². The van der Waals surface area contributed by atoms with Crippen molar-refractivity contribution in [1.82, 2.24) is 0 Å². The van der Waals surface area contributed by atoms with Crippen molar-refractivity contribution >= 4 is 11.4 Å². The zero-order valence-electron chi connectivity index (χ0n) is 12.6. The van der Waals surface area contributed by atoms with Crippen LogP contribution in [0.25, 0.3) is 0 Å². The summed E-state index contributed by atoms with van der Waals surface area (Å²) in [4.78, 5) is 2.12. The summed E-state index contributed by atoms with van der Waals surface area (Å²) in [5.74, 6) is 0. The Labute approximate surface area is 122 Å². The van der Waals surface area contributed by atoms with Crippen molar-refractivity contribution in [3.8, 4) is 0 Å². The zero-order valence-corrected chi connectivity index (χ0v) is 12.6. The second-order valence-corrected chi connectivity index (χ2v) is 5.38. The van der Waals surface area contributed by atoms with E-state index in [4.69, 9.17) is 0 Å². The smallest absolute Gasteiger partial charge is 0.0362 e. The summed E-state index contributed by atoms with van der Waals surface area (Å²) in [6.07, 6.45) is 2.18. The van der Waals surface area contributed by atoms with Gasteiger partial charge in [0, 0.05) is 31.5 Å². The number of nitrogens with one attached hydrogen (secondary N) is 1. The Bertz CT molecular complexity index is 503. The molecule has 1 N–H and O–H groups in total. The number of anilines is 2. The van der Waals surface area contributed by atoms with Gasteiger partial charge in [0.1, 0.15) is 0 Å². The Morgan fingerprint density at radius 1 is 0.950 bits per heavy atom. The van der Waals surface area contributed by atoms with Gasteiger partial charge in [0.2, 0.25) is 0 Å². The van der Waals surface area contributed by atoms with E-state index in [9.17, 15) is 0 Å². The molecule has 0 aliphatic carbocycles. The third-order valence-corrected chi connectivity index (χ3v) is 3.57. The van der Waals surface area contributed by atoms with E-state index in [0.29, 0.717) is 6.04 Å². The van der Waals surface area contributed by atoms with Gasteiger partial charge in [-0.25, -0.2) is 0 Å². The number of benzene rings is 2. The van der Waals surface area contributed by atoms with Crippen LogP contribution in [0.3, 0.4) is 0 Å². The molecule has 0 radical (unpaired) electrons. The predicted octanol–water partition coefficient (Wildman–Crippen LogP) is 4.19. The lowest BCUT2D eigenvalue weighted by Crippen LogP contribution is -2.21. The monoisotopic (exact) mass is 268 g/mol. The topological polar surface area (TPSA) is 15.3 Å². The van der Waals surface area contributed by atoms with Gasteiger partial charge in [-0.1, -0.05) is 37.3 Å². The Hall–Kier alpha value is -1.96. The second kappa shape index (κ2) is 6.99. The van der Waals surface area contributed by atoms with Crippen LogP contribution in [0.4, 0.5) is 11.4 Å². The fraction of sp³-hybridized carbons (Fsp3) is 0.333. The molecule has 0 aromatic heterocycles. The molecule has 0 saturated carbocycles. The maximum absolute atomic E-state index is 3.62. The third-order valence-electron chi connectivity index (χ3n) is 3.57. The maximum atomic E-state index is 3.62. The summed E-state index contributed by atoms with van der Waals surface area (Å²) in [6.45, 7) is 2.23. The van der Waals surface area contributed by atoms with E-state index in [0.717, 1.165) is 12.8 Å². The predicted molar refractivity (Wildman–Crippen MR) is 88.6 cm³/mol. The van der Waals surface area contributed by atoms with Gasteiger partial charge in [0.05, 0.1) is 0 Å². The highest BCUT2D eigenvalue weighted by atomic mass is 15.1. The fourth-order valence-corrected chi connectivity index (χ4v) is 2.29. The Morgan fingerprint density at radius 2 is 1.60 bits per heavy atom. The highest BCUT2D eigenvalue weighted by Crippen LogP contribution is 2.18. The van der Waals surface area contributed by atoms with Crippen LogP contribution in [0.1, 0.15) is 18.9 Å². The number of hydrogen-bond acceptors (Lipinski definition) is 2. The molecule has 0 saturated heterocycles. The molecule has 0 bridgehead atoms. The van der Waals surface area contributed by atoms with Crippen molar-refractivity contribution in [2.75, 3.05) is 24.3 Å². The van der Waals surface area contributed by atoms with Gasteiger partial charge in [-0.2, -0.15) is 0 Å². The van der Waals surface area contributed by atoms with E-state index in [1.165, 1.54) is 16.9 Å². The van der Waals surface area contributed by atoms with Crippen LogP contribution in [-0.2, 0) is 6.42 Å². The number of nitrogens with zero attached hydrogens (tertiary/aromatic N) is 1. The van der Waals surface area contributed by atoms with Gasteiger partial charge in [0.15, 0.2) is 0 Å². The summed E-state index contributed by atoms with van der Waals surface area (Å²) < 4.78 is 0. The molecule has 0 heterocycles. The van der Waals surface area contributed by atoms with E-state index in [2.05, 4.69) is 85.8 Å². The minimum absolute atomic E-state index is 0.475. The van der Waals surface area contributed by atoms with Crippen LogP contribution in [0.2, 0.25) is 0 Å². The quantitative estimate of drug-likeness (QED) is 0.845. The van der Waals surface area contributed by atoms with Crippen LogP contribution >= 0.6 is 0 Å². The molecule has 106 valence electrons. The van der Waals surface area contributed by atoms with E-state index in [1.807, 2.05) is 0 Å². The van der Waals surface area contributed by atoms with Crippen molar-refractivity contribution in [3.63, 3.8) is 0 Å². The summed E-state index contributed by atoms with van der Waals surface area (Å²) in [5.41, 5.74) is 3.81. The van der Waals surface area contributed by atoms with Crippen LogP contribution in [0.15, 0.2) is 54.6 Å². The van der Waals surface area contributed by atoms with E-state index in [1.54, 1.807) is 0 Å². The lowest BCUT2D eigenvalue weighted by molar-refractivity contribution is 0.690. The first-order valence-corrected chi connectivity index (χ1v) is 7.27. The highest BCUT2D eigenvalue weighted by molar-refractivity contribution is 5.54. The summed E-state index contributed by atoms with van der Waals surface area (Å²) in [6, 6.07) is 19.8. The first kappa shape index (κ1) is 14.4. The minimum atomic E-state index is 0.475. The van der Waals surface area contributed by atoms with Crippen molar-refractivity contribution < 1.29 is 0 Å². The molecular formula is C18H24N2. The molecule has 0 aliphatic heterocycles. The largest absolute Gasteiger partial charge is 0.382 e. The van der Waals surface area contributed by atoms with Gasteiger partial charge in [-0.15, -0.1) is 0 Å². The van der Waals surface area contributed by atoms with Crippen molar-refractivity contribution in [2.45, 2.75) is 25.8 Å². The molecule has 2 aromatic rings. The van der Waals surface area contributed by atoms with E-state index < -0.39 is 0 Å². The average molecular weight is 268 g/mol. The second-order valence-electron chi connectivity index (χ2n) is 5.38. The molecule has 0 spiro atoms. The summed E-state index contributed by atoms with van der Waals surface area (Å²) in [7, 11) is 4.12. The summed E-state index contributed by atoms with van der Waals surface area (Å²) >= 11 is 0. The molecule has 2 heteroatoms. The third kappa shape index (κ3) is 4.02. The van der Waals surface area contributed by atoms with Gasteiger partial charge in [-0.05, 0) is 42.7 Å². The molecule has 0 aliphatic rings. The Morgan fingerprint density at radius 3 is 2.15 bits per heavy atom. The molecule has 2 rings (SSSR count). The van der Waals surface area contributed by atoms with Crippen LogP contribution in [0.5, 0.6) is 0 Å². The first-order chi connectivity index (χ1) is 9.69. The molecule has 1 unspecified atom stereocenters. The SMILES string of the molecule is CCC(Cc1ccccc1)Nc1ccc(N(C)C)cc1. The van der Waals surface area contributed by atoms with Crippen molar-refractivity contribution in [3.05, 3.63) is 60.2 Å². The molecular weight excluding hydrogens is 244 g/mol. The van der Waals surface area contributed by atoms with E-state index >= 15 is 0 Å². The van der Waals surface area contributed by atoms with Gasteiger partial charge >= 0.3 is 0 Å². The molecule has 2 nitrogen and oxygen atoms in total. The lowest BCUT2D eigenvalue weighted by atomic mass is 10.0. The normalized spacial score (nSPS) is 11.9. The highest BCUT2D eigenvalue weighted by Gasteiger charge is 2.07. The van der Waals surface area contributed by atoms with Gasteiger partial charge in [0.25, 0.3) is 0 Å². The maximum Gasteiger partial charge on any atom is 0.0362 e. The van der Waals surface area contributed by atoms with Gasteiger partial charge in [-0.3, -0.25) is 0 Å². The number of hydrogen-bond donors (Lipinski definition) is 1. The van der Waals surface area contributed by atoms with Crippen LogP contribution in [0, 0.1) is 0 Å². The fourth-order valence-electron chi connectivity index (χ4n) is 2.29. The Kier molecular flexibility index (Phi) is 5.05. The van der Waals surface area contributed by atoms with Gasteiger partial charge < -0.3 is 10.2 Å². The molecule has 20 heavy (non-hydrogen) atoms. The van der Waals surface area contributed by atoms with Crippen LogP contribution in [-0.4, -0.2) is 20.1 Å². The lowest BCUT2D eigenvalue weighted by Gasteiger charge is -2.19. The number of rotatable bonds is 6. The zero-order chi connectivity index (χ0) is 14.4. The minimum Gasteiger partial charge on any atom is -0.382 e. The molecule has 0 fully saturated rings. The van der Waals surface area contributed by atoms with Crippen LogP contribution < -0.4 is 10.2 Å². The molecule has 2 aromatic carbocycles. The molecule has 0 amide bonds. The first-order valence-electron chi connectivity index (χ1n) is 7.27. The van der Waals surface area contributed by atoms with E-state index in [-0.39, 0.29) is 0 Å².